The smallest absolute Gasteiger partial charge is 0.462 e. The van der Waals surface area contributed by atoms with Crippen molar-refractivity contribution in [1.29, 1.82) is 0 Å². The van der Waals surface area contributed by atoms with E-state index in [1.165, 1.54) is 96.3 Å². The Morgan fingerprint density at radius 1 is 0.561 bits per heavy atom. The third-order valence-corrected chi connectivity index (χ3v) is 10.2. The summed E-state index contributed by atoms with van der Waals surface area (Å²) in [6.45, 7) is 5.85. The highest BCUT2D eigenvalue weighted by molar-refractivity contribution is 7.46. The van der Waals surface area contributed by atoms with Crippen molar-refractivity contribution in [2.75, 3.05) is 13.2 Å². The van der Waals surface area contributed by atoms with Crippen molar-refractivity contribution < 1.29 is 42.7 Å². The van der Waals surface area contributed by atoms with Gasteiger partial charge in [-0.05, 0) is 50.5 Å². The van der Waals surface area contributed by atoms with Gasteiger partial charge in [0.05, 0.1) is 6.61 Å². The van der Waals surface area contributed by atoms with Crippen LogP contribution in [0, 0.1) is 5.92 Å². The van der Waals surface area contributed by atoms with E-state index in [1.54, 1.807) is 12.2 Å². The van der Waals surface area contributed by atoms with Crippen LogP contribution in [0.4, 0.5) is 0 Å². The molecule has 9 nitrogen and oxygen atoms in total. The molecule has 10 heteroatoms. The first-order valence-corrected chi connectivity index (χ1v) is 24.3. The Bertz CT molecular complexity index is 1140. The van der Waals surface area contributed by atoms with Gasteiger partial charge in [0.15, 0.2) is 11.9 Å². The topological polar surface area (TPSA) is 136 Å². The predicted molar refractivity (Wildman–Crippen MR) is 235 cm³/mol. The highest BCUT2D eigenvalue weighted by Gasteiger charge is 2.22. The minimum Gasteiger partial charge on any atom is -0.462 e. The van der Waals surface area contributed by atoms with E-state index in [0.717, 1.165) is 57.3 Å². The van der Waals surface area contributed by atoms with Crippen LogP contribution >= 0.6 is 7.82 Å². The molecule has 0 aliphatic heterocycles. The molecule has 0 aromatic carbocycles. The number of allylic oxidation sites excluding steroid dienone is 8. The summed E-state index contributed by atoms with van der Waals surface area (Å²) in [6.07, 6.45) is 45.4. The van der Waals surface area contributed by atoms with Gasteiger partial charge in [0, 0.05) is 19.3 Å². The van der Waals surface area contributed by atoms with Crippen molar-refractivity contribution in [2.45, 2.75) is 213 Å². The molecule has 0 aromatic rings. The average molecular weight is 823 g/mol. The van der Waals surface area contributed by atoms with Gasteiger partial charge < -0.3 is 19.3 Å². The molecular weight excluding hydrogens is 739 g/mol. The number of phosphoric acid groups is 1. The minimum absolute atomic E-state index is 0.110. The summed E-state index contributed by atoms with van der Waals surface area (Å²) in [7, 11) is -4.79. The lowest BCUT2D eigenvalue weighted by atomic mass is 10.0. The standard InChI is InChI=1S/C47H83O9P/c1-4-5-31-37-44(48)38-33-28-24-20-16-14-18-22-26-30-35-40-47(50)56-45(42-55-57(51,52)53)41-54-46(49)39-34-29-25-21-17-13-11-9-7-6-8-10-12-15-19-23-27-32-36-43(2)3/h14,16,22,24,26,28,33,38,43,45H,4-13,15,17-21,23,25,27,29-32,34-37,39-42H2,1-3H3,(H2,51,52,53)/b16-14-,26-22-,28-24-,38-33+/t45-/m1/s1. The summed E-state index contributed by atoms with van der Waals surface area (Å²) in [4.78, 5) is 54.6. The van der Waals surface area contributed by atoms with Gasteiger partial charge in [-0.3, -0.25) is 18.9 Å². The van der Waals surface area contributed by atoms with Crippen molar-refractivity contribution >= 4 is 25.5 Å². The molecule has 0 aliphatic carbocycles. The first-order valence-electron chi connectivity index (χ1n) is 22.7. The highest BCUT2D eigenvalue weighted by atomic mass is 31.2. The molecule has 0 aliphatic rings. The lowest BCUT2D eigenvalue weighted by molar-refractivity contribution is -0.161. The van der Waals surface area contributed by atoms with Crippen LogP contribution in [0.1, 0.15) is 207 Å². The molecule has 0 heterocycles. The number of hydrogen-bond donors (Lipinski definition) is 2. The number of carbonyl (C=O) groups excluding carboxylic acids is 3. The Kier molecular flexibility index (Phi) is 38.8. The zero-order chi connectivity index (χ0) is 42.1. The van der Waals surface area contributed by atoms with E-state index in [1.807, 2.05) is 36.5 Å². The van der Waals surface area contributed by atoms with Crippen LogP contribution < -0.4 is 0 Å². The summed E-state index contributed by atoms with van der Waals surface area (Å²) in [5.74, 6) is 0.0290. The van der Waals surface area contributed by atoms with Gasteiger partial charge in [-0.15, -0.1) is 0 Å². The predicted octanol–water partition coefficient (Wildman–Crippen LogP) is 13.3. The van der Waals surface area contributed by atoms with Crippen LogP contribution in [0.25, 0.3) is 0 Å². The average Bonchev–Trinajstić information content (AvgIpc) is 3.16. The molecule has 0 spiro atoms. The summed E-state index contributed by atoms with van der Waals surface area (Å²) < 4.78 is 26.4. The van der Waals surface area contributed by atoms with Gasteiger partial charge in [-0.25, -0.2) is 4.57 Å². The Morgan fingerprint density at radius 3 is 1.60 bits per heavy atom. The lowest BCUT2D eigenvalue weighted by Gasteiger charge is -2.18. The molecule has 57 heavy (non-hydrogen) atoms. The number of rotatable bonds is 41. The van der Waals surface area contributed by atoms with Gasteiger partial charge in [-0.1, -0.05) is 192 Å². The molecule has 330 valence electrons. The van der Waals surface area contributed by atoms with E-state index in [9.17, 15) is 18.9 Å². The number of esters is 2. The Balaban J connectivity index is 3.97. The van der Waals surface area contributed by atoms with Gasteiger partial charge in [-0.2, -0.15) is 0 Å². The quantitative estimate of drug-likeness (QED) is 0.0154. The molecular formula is C47H83O9P. The van der Waals surface area contributed by atoms with Crippen molar-refractivity contribution in [1.82, 2.24) is 0 Å². The Labute approximate surface area is 348 Å². The number of carbonyl (C=O) groups is 3. The van der Waals surface area contributed by atoms with E-state index in [4.69, 9.17) is 19.3 Å². The van der Waals surface area contributed by atoms with Gasteiger partial charge in [0.25, 0.3) is 0 Å². The zero-order valence-corrected chi connectivity index (χ0v) is 37.3. The second kappa shape index (κ2) is 40.5. The zero-order valence-electron chi connectivity index (χ0n) is 36.4. The second-order valence-electron chi connectivity index (χ2n) is 15.9. The molecule has 0 saturated carbocycles. The highest BCUT2D eigenvalue weighted by Crippen LogP contribution is 2.36. The van der Waals surface area contributed by atoms with Crippen molar-refractivity contribution in [3.8, 4) is 0 Å². The van der Waals surface area contributed by atoms with Crippen LogP contribution in [0.2, 0.25) is 0 Å². The number of hydrogen-bond acceptors (Lipinski definition) is 7. The molecule has 2 N–H and O–H groups in total. The monoisotopic (exact) mass is 823 g/mol. The lowest BCUT2D eigenvalue weighted by Crippen LogP contribution is -2.29. The van der Waals surface area contributed by atoms with Crippen LogP contribution in [0.3, 0.4) is 0 Å². The maximum Gasteiger partial charge on any atom is 0.469 e. The van der Waals surface area contributed by atoms with Crippen LogP contribution in [0.5, 0.6) is 0 Å². The maximum atomic E-state index is 12.4. The molecule has 0 amide bonds. The molecule has 1 atom stereocenters. The molecule has 0 unspecified atom stereocenters. The molecule has 0 radical (unpaired) electrons. The van der Waals surface area contributed by atoms with Gasteiger partial charge in [0.2, 0.25) is 0 Å². The minimum atomic E-state index is -4.79. The fourth-order valence-electron chi connectivity index (χ4n) is 6.33. The Hall–Kier alpha value is -2.32. The summed E-state index contributed by atoms with van der Waals surface area (Å²) in [5, 5.41) is 0. The molecule has 0 fully saturated rings. The Morgan fingerprint density at radius 2 is 1.05 bits per heavy atom. The third kappa shape index (κ3) is 44.6. The number of unbranched alkanes of at least 4 members (excludes halogenated alkanes) is 20. The maximum absolute atomic E-state index is 12.4. The second-order valence-corrected chi connectivity index (χ2v) is 17.1. The van der Waals surface area contributed by atoms with E-state index in [0.29, 0.717) is 25.7 Å². The fraction of sp³-hybridized carbons (Fsp3) is 0.766. The van der Waals surface area contributed by atoms with Crippen molar-refractivity contribution in [2.24, 2.45) is 5.92 Å². The van der Waals surface area contributed by atoms with E-state index in [2.05, 4.69) is 25.3 Å². The summed E-state index contributed by atoms with van der Waals surface area (Å²) in [5.41, 5.74) is 0. The number of ketones is 1. The molecule has 0 saturated heterocycles. The van der Waals surface area contributed by atoms with Crippen molar-refractivity contribution in [3.05, 3.63) is 48.6 Å². The summed E-state index contributed by atoms with van der Waals surface area (Å²) >= 11 is 0. The van der Waals surface area contributed by atoms with E-state index in [-0.39, 0.29) is 25.2 Å². The molecule has 0 rings (SSSR count). The normalized spacial score (nSPS) is 12.9. The summed E-state index contributed by atoms with van der Waals surface area (Å²) in [6, 6.07) is 0. The van der Waals surface area contributed by atoms with E-state index >= 15 is 0 Å². The SMILES string of the molecule is CCCCCC(=O)/C=C/C=C\C/C=C\C/C=C\CCCC(=O)O[C@H](COC(=O)CCCCCCCCCCCCCCCCCCCCC(C)C)COP(=O)(O)O. The largest absolute Gasteiger partial charge is 0.469 e. The van der Waals surface area contributed by atoms with Crippen LogP contribution in [-0.2, 0) is 32.9 Å². The third-order valence-electron chi connectivity index (χ3n) is 9.75. The molecule has 0 aromatic heterocycles. The fourth-order valence-corrected chi connectivity index (χ4v) is 6.69. The van der Waals surface area contributed by atoms with Crippen molar-refractivity contribution in [3.63, 3.8) is 0 Å². The van der Waals surface area contributed by atoms with Gasteiger partial charge in [0.1, 0.15) is 6.61 Å². The van der Waals surface area contributed by atoms with E-state index < -0.39 is 32.5 Å². The molecule has 0 bridgehead atoms. The number of ether oxygens (including phenoxy) is 2. The first kappa shape index (κ1) is 54.7. The van der Waals surface area contributed by atoms with Gasteiger partial charge >= 0.3 is 19.8 Å². The van der Waals surface area contributed by atoms with Crippen LogP contribution in [-0.4, -0.2) is 46.8 Å². The van der Waals surface area contributed by atoms with Crippen LogP contribution in [0.15, 0.2) is 48.6 Å². The number of phosphoric ester groups is 1. The first-order chi connectivity index (χ1) is 27.5.